The lowest BCUT2D eigenvalue weighted by Gasteiger charge is -2.19. The van der Waals surface area contributed by atoms with Gasteiger partial charge in [-0.15, -0.1) is 0 Å². The van der Waals surface area contributed by atoms with Crippen molar-refractivity contribution in [1.29, 1.82) is 0 Å². The largest absolute Gasteiger partial charge is 0.492 e. The molecule has 1 aromatic carbocycles. The molecule has 1 aliphatic carbocycles. The van der Waals surface area contributed by atoms with Gasteiger partial charge in [0.2, 0.25) is 0 Å². The molecule has 0 unspecified atom stereocenters. The van der Waals surface area contributed by atoms with E-state index in [1.807, 2.05) is 6.07 Å². The molecule has 0 atom stereocenters. The molecular weight excluding hydrogens is 262 g/mol. The van der Waals surface area contributed by atoms with Crippen LogP contribution < -0.4 is 10.1 Å². The minimum atomic E-state index is 0.116. The molecule has 1 N–H and O–H groups in total. The highest BCUT2D eigenvalue weighted by atomic mass is 35.5. The van der Waals surface area contributed by atoms with Gasteiger partial charge in [-0.3, -0.25) is 4.79 Å². The van der Waals surface area contributed by atoms with Crippen molar-refractivity contribution in [3.63, 3.8) is 0 Å². The highest BCUT2D eigenvalue weighted by Crippen LogP contribution is 2.34. The summed E-state index contributed by atoms with van der Waals surface area (Å²) in [7, 11) is 0. The number of ketones is 1. The Labute approximate surface area is 118 Å². The molecule has 3 rings (SSSR count). The van der Waals surface area contributed by atoms with Gasteiger partial charge in [0.05, 0.1) is 22.9 Å². The van der Waals surface area contributed by atoms with E-state index in [-0.39, 0.29) is 5.78 Å². The summed E-state index contributed by atoms with van der Waals surface area (Å²) >= 11 is 6.24. The number of nitrogens with one attached hydrogen (secondary N) is 1. The molecule has 1 aliphatic heterocycles. The van der Waals surface area contributed by atoms with E-state index in [4.69, 9.17) is 16.3 Å². The lowest BCUT2D eigenvalue weighted by atomic mass is 10.0. The number of carbonyl (C=O) groups excluding carboxylic acids is 1. The summed E-state index contributed by atoms with van der Waals surface area (Å²) in [5, 5.41) is 4.00. The molecule has 0 saturated heterocycles. The van der Waals surface area contributed by atoms with Gasteiger partial charge < -0.3 is 10.1 Å². The predicted molar refractivity (Wildman–Crippen MR) is 76.3 cm³/mol. The molecular formula is C15H18ClNO2. The monoisotopic (exact) mass is 279 g/mol. The molecule has 1 heterocycles. The maximum atomic E-state index is 11.8. The third-order valence-corrected chi connectivity index (χ3v) is 4.32. The van der Waals surface area contributed by atoms with Gasteiger partial charge in [-0.25, -0.2) is 0 Å². The van der Waals surface area contributed by atoms with Crippen LogP contribution in [0, 0.1) is 5.92 Å². The number of rotatable bonds is 3. The Morgan fingerprint density at radius 3 is 2.89 bits per heavy atom. The Morgan fingerprint density at radius 1 is 1.32 bits per heavy atom. The second-order valence-electron chi connectivity index (χ2n) is 5.38. The maximum Gasteiger partial charge on any atom is 0.170 e. The highest BCUT2D eigenvalue weighted by molar-refractivity contribution is 6.33. The second kappa shape index (κ2) is 5.41. The average molecular weight is 280 g/mol. The lowest BCUT2D eigenvalue weighted by Crippen LogP contribution is -2.16. The summed E-state index contributed by atoms with van der Waals surface area (Å²) in [4.78, 5) is 11.8. The number of fused-ring (bicyclic) bond motifs is 1. The fourth-order valence-corrected chi connectivity index (χ4v) is 3.11. The van der Waals surface area contributed by atoms with Gasteiger partial charge in [-0.1, -0.05) is 24.4 Å². The van der Waals surface area contributed by atoms with E-state index in [9.17, 15) is 4.79 Å². The van der Waals surface area contributed by atoms with Crippen LogP contribution in [0.2, 0.25) is 5.02 Å². The molecule has 3 nitrogen and oxygen atoms in total. The smallest absolute Gasteiger partial charge is 0.170 e. The van der Waals surface area contributed by atoms with Gasteiger partial charge in [0.25, 0.3) is 0 Å². The molecule has 1 fully saturated rings. The predicted octanol–water partition coefficient (Wildman–Crippen LogP) is 3.91. The average Bonchev–Trinajstić information content (AvgIpc) is 2.91. The first-order valence-corrected chi connectivity index (χ1v) is 7.35. The normalized spacial score (nSPS) is 19.1. The second-order valence-corrected chi connectivity index (χ2v) is 5.79. The number of hydrogen-bond acceptors (Lipinski definition) is 3. The van der Waals surface area contributed by atoms with Crippen LogP contribution in [0.25, 0.3) is 0 Å². The van der Waals surface area contributed by atoms with Gasteiger partial charge in [-0.2, -0.15) is 0 Å². The van der Waals surface area contributed by atoms with Crippen LogP contribution in [0.5, 0.6) is 5.75 Å². The number of Topliss-reactive ketones (excluding diaryl/α,β-unsaturated/α-hetero) is 1. The minimum Gasteiger partial charge on any atom is -0.492 e. The number of carbonyl (C=O) groups is 1. The van der Waals surface area contributed by atoms with Crippen molar-refractivity contribution >= 4 is 23.1 Å². The summed E-state index contributed by atoms with van der Waals surface area (Å²) in [6.07, 6.45) is 5.71. The van der Waals surface area contributed by atoms with Crippen LogP contribution in [0.3, 0.4) is 0 Å². The molecule has 102 valence electrons. The molecule has 0 aromatic heterocycles. The number of halogens is 1. The Hall–Kier alpha value is -1.22. The van der Waals surface area contributed by atoms with Crippen LogP contribution in [-0.4, -0.2) is 18.9 Å². The van der Waals surface area contributed by atoms with E-state index in [0.717, 1.165) is 18.2 Å². The quantitative estimate of drug-likeness (QED) is 0.912. The van der Waals surface area contributed by atoms with Gasteiger partial charge in [0, 0.05) is 19.0 Å². The van der Waals surface area contributed by atoms with Crippen molar-refractivity contribution in [1.82, 2.24) is 0 Å². The standard InChI is InChI=1S/C15H18ClNO2/c16-12-7-11-14(18)5-6-19-15(11)8-13(12)17-9-10-3-1-2-4-10/h7-8,10,17H,1-6,9H2. The van der Waals surface area contributed by atoms with Crippen LogP contribution in [0.1, 0.15) is 42.5 Å². The first-order valence-electron chi connectivity index (χ1n) is 6.97. The first kappa shape index (κ1) is 12.8. The third kappa shape index (κ3) is 2.71. The fraction of sp³-hybridized carbons (Fsp3) is 0.533. The Bertz CT molecular complexity index is 495. The minimum absolute atomic E-state index is 0.116. The van der Waals surface area contributed by atoms with Crippen molar-refractivity contribution in [2.45, 2.75) is 32.1 Å². The third-order valence-electron chi connectivity index (χ3n) is 4.01. The number of ether oxygens (including phenoxy) is 1. The van der Waals surface area contributed by atoms with E-state index in [0.29, 0.717) is 29.4 Å². The zero-order valence-corrected chi connectivity index (χ0v) is 11.6. The number of hydrogen-bond donors (Lipinski definition) is 1. The molecule has 1 saturated carbocycles. The fourth-order valence-electron chi connectivity index (χ4n) is 2.88. The SMILES string of the molecule is O=C1CCOc2cc(NCC3CCCC3)c(Cl)cc21. The summed E-state index contributed by atoms with van der Waals surface area (Å²) < 4.78 is 5.54. The molecule has 2 aliphatic rings. The van der Waals surface area contributed by atoms with E-state index in [1.165, 1.54) is 25.7 Å². The van der Waals surface area contributed by atoms with Gasteiger partial charge in [0.1, 0.15) is 5.75 Å². The Kier molecular flexibility index (Phi) is 3.65. The summed E-state index contributed by atoms with van der Waals surface area (Å²) in [5.74, 6) is 1.52. The molecule has 0 spiro atoms. The van der Waals surface area contributed by atoms with Gasteiger partial charge >= 0.3 is 0 Å². The van der Waals surface area contributed by atoms with Crippen molar-refractivity contribution in [3.8, 4) is 5.75 Å². The molecule has 4 heteroatoms. The van der Waals surface area contributed by atoms with Gasteiger partial charge in [-0.05, 0) is 24.8 Å². The molecule has 0 amide bonds. The molecule has 0 bridgehead atoms. The van der Waals surface area contributed by atoms with Crippen molar-refractivity contribution in [3.05, 3.63) is 22.7 Å². The van der Waals surface area contributed by atoms with E-state index in [2.05, 4.69) is 5.32 Å². The van der Waals surface area contributed by atoms with Crippen LogP contribution in [0.4, 0.5) is 5.69 Å². The molecule has 0 radical (unpaired) electrons. The first-order chi connectivity index (χ1) is 9.24. The zero-order chi connectivity index (χ0) is 13.2. The summed E-state index contributed by atoms with van der Waals surface area (Å²) in [6, 6.07) is 3.60. The summed E-state index contributed by atoms with van der Waals surface area (Å²) in [6.45, 7) is 1.42. The van der Waals surface area contributed by atoms with E-state index >= 15 is 0 Å². The van der Waals surface area contributed by atoms with Crippen molar-refractivity contribution in [2.24, 2.45) is 5.92 Å². The summed E-state index contributed by atoms with van der Waals surface area (Å²) in [5.41, 5.74) is 1.49. The van der Waals surface area contributed by atoms with Gasteiger partial charge in [0.15, 0.2) is 5.78 Å². The number of anilines is 1. The zero-order valence-electron chi connectivity index (χ0n) is 10.9. The van der Waals surface area contributed by atoms with Crippen LogP contribution >= 0.6 is 11.6 Å². The molecule has 1 aromatic rings. The van der Waals surface area contributed by atoms with Crippen LogP contribution in [0.15, 0.2) is 12.1 Å². The van der Waals surface area contributed by atoms with Crippen molar-refractivity contribution < 1.29 is 9.53 Å². The van der Waals surface area contributed by atoms with E-state index < -0.39 is 0 Å². The molecule has 19 heavy (non-hydrogen) atoms. The lowest BCUT2D eigenvalue weighted by molar-refractivity contribution is 0.0933. The topological polar surface area (TPSA) is 38.3 Å². The highest BCUT2D eigenvalue weighted by Gasteiger charge is 2.21. The Morgan fingerprint density at radius 2 is 2.11 bits per heavy atom. The van der Waals surface area contributed by atoms with E-state index in [1.54, 1.807) is 6.07 Å². The number of benzene rings is 1. The maximum absolute atomic E-state index is 11.8. The van der Waals surface area contributed by atoms with Crippen LogP contribution in [-0.2, 0) is 0 Å². The Balaban J connectivity index is 1.76. The van der Waals surface area contributed by atoms with Crippen molar-refractivity contribution in [2.75, 3.05) is 18.5 Å².